The zero-order valence-corrected chi connectivity index (χ0v) is 6.96. The molecule has 0 saturated heterocycles. The Morgan fingerprint density at radius 1 is 1.42 bits per heavy atom. The molecule has 0 atom stereocenters. The van der Waals surface area contributed by atoms with E-state index >= 15 is 0 Å². The second-order valence-corrected chi connectivity index (χ2v) is 3.11. The number of benzene rings is 1. The largest absolute Gasteiger partial charge is 0.478 e. The van der Waals surface area contributed by atoms with E-state index in [1.165, 1.54) is 12.1 Å². The summed E-state index contributed by atoms with van der Waals surface area (Å²) in [5, 5.41) is 9.40. The van der Waals surface area contributed by atoms with Gasteiger partial charge in [0.25, 0.3) is 0 Å². The highest BCUT2D eigenvalue weighted by molar-refractivity contribution is 7.98. The van der Waals surface area contributed by atoms with Crippen LogP contribution >= 0.6 is 11.4 Å². The highest BCUT2D eigenvalue weighted by Crippen LogP contribution is 2.09. The molecule has 0 saturated carbocycles. The van der Waals surface area contributed by atoms with Gasteiger partial charge in [0.1, 0.15) is 5.82 Å². The van der Waals surface area contributed by atoms with Gasteiger partial charge in [-0.1, -0.05) is 0 Å². The highest BCUT2D eigenvalue weighted by atomic mass is 32.1. The van der Waals surface area contributed by atoms with E-state index in [4.69, 9.17) is 5.11 Å². The fourth-order valence-corrected chi connectivity index (χ4v) is 1.24. The zero-order valence-electron chi connectivity index (χ0n) is 6.07. The topological polar surface area (TPSA) is 37.3 Å². The number of hydrogen-bond donors (Lipinski definition) is 2. The number of hydrogen-bond acceptors (Lipinski definition) is 1. The van der Waals surface area contributed by atoms with Crippen LogP contribution in [0.15, 0.2) is 29.2 Å². The van der Waals surface area contributed by atoms with Crippen LogP contribution < -0.4 is 0 Å². The summed E-state index contributed by atoms with van der Waals surface area (Å²) in [5.74, 6) is -1.29. The van der Waals surface area contributed by atoms with Crippen molar-refractivity contribution in [2.75, 3.05) is 0 Å². The number of aliphatic carboxylic acids is 1. The molecule has 0 fully saturated rings. The maximum absolute atomic E-state index is 12.4. The van der Waals surface area contributed by atoms with Crippen molar-refractivity contribution in [1.29, 1.82) is 0 Å². The molecule has 0 radical (unpaired) electrons. The summed E-state index contributed by atoms with van der Waals surface area (Å²) in [5.41, 5.74) is 0. The molecule has 0 aliphatic heterocycles. The average Bonchev–Trinajstić information content (AvgIpc) is 2.03. The van der Waals surface area contributed by atoms with Gasteiger partial charge in [-0.3, -0.25) is 0 Å². The van der Waals surface area contributed by atoms with Gasteiger partial charge in [0, 0.05) is 5.37 Å². The molecule has 64 valence electrons. The molecule has 1 aromatic rings. The van der Waals surface area contributed by atoms with Crippen LogP contribution in [-0.4, -0.2) is 16.4 Å². The van der Waals surface area contributed by atoms with E-state index in [9.17, 15) is 9.18 Å². The van der Waals surface area contributed by atoms with Gasteiger partial charge in [-0.15, -0.1) is 0 Å². The molecule has 0 aromatic heterocycles. The molecule has 0 amide bonds. The summed E-state index contributed by atoms with van der Waals surface area (Å²) in [4.78, 5) is 10.9. The molecule has 0 spiro atoms. The van der Waals surface area contributed by atoms with Crippen molar-refractivity contribution in [2.45, 2.75) is 4.90 Å². The lowest BCUT2D eigenvalue weighted by Gasteiger charge is -1.91. The molecule has 1 N–H and O–H groups in total. The quantitative estimate of drug-likeness (QED) is 0.543. The van der Waals surface area contributed by atoms with Gasteiger partial charge < -0.3 is 5.11 Å². The van der Waals surface area contributed by atoms with Crippen molar-refractivity contribution in [3.63, 3.8) is 0 Å². The van der Waals surface area contributed by atoms with E-state index in [2.05, 4.69) is 0 Å². The first-order chi connectivity index (χ1) is 5.68. The summed E-state index contributed by atoms with van der Waals surface area (Å²) in [6, 6.07) is 5.71. The van der Waals surface area contributed by atoms with Crippen molar-refractivity contribution in [1.82, 2.24) is 0 Å². The Kier molecular flexibility index (Phi) is 2.99. The summed E-state index contributed by atoms with van der Waals surface area (Å²) < 4.78 is 12.4. The Hall–Kier alpha value is -1.16. The molecule has 12 heavy (non-hydrogen) atoms. The number of carbonyl (C=O) groups is 1. The van der Waals surface area contributed by atoms with Crippen molar-refractivity contribution in [2.24, 2.45) is 0 Å². The van der Waals surface area contributed by atoms with Crippen LogP contribution in [0.4, 0.5) is 4.39 Å². The third-order valence-electron chi connectivity index (χ3n) is 1.15. The zero-order chi connectivity index (χ0) is 8.97. The predicted octanol–water partition coefficient (Wildman–Crippen LogP) is 1.54. The summed E-state index contributed by atoms with van der Waals surface area (Å²) in [6.07, 6.45) is 0. The van der Waals surface area contributed by atoms with Crippen molar-refractivity contribution in [3.8, 4) is 0 Å². The SMILES string of the molecule is O=C(O)C=[SH]c1ccc(F)cc1. The van der Waals surface area contributed by atoms with Gasteiger partial charge in [0.2, 0.25) is 0 Å². The normalized spacial score (nSPS) is 11.1. The summed E-state index contributed by atoms with van der Waals surface area (Å²) in [6.45, 7) is 0. The van der Waals surface area contributed by atoms with E-state index in [0.717, 1.165) is 10.3 Å². The minimum Gasteiger partial charge on any atom is -0.478 e. The van der Waals surface area contributed by atoms with Crippen LogP contribution in [0.5, 0.6) is 0 Å². The molecule has 0 aliphatic carbocycles. The molecule has 0 bridgehead atoms. The third kappa shape index (κ3) is 2.84. The smallest absolute Gasteiger partial charge is 0.334 e. The fourth-order valence-electron chi connectivity index (χ4n) is 0.657. The fraction of sp³-hybridized carbons (Fsp3) is 0. The number of carboxylic acid groups (broad SMARTS) is 1. The Morgan fingerprint density at radius 2 is 2.00 bits per heavy atom. The van der Waals surface area contributed by atoms with Crippen LogP contribution in [0, 0.1) is 5.82 Å². The van der Waals surface area contributed by atoms with Crippen LogP contribution in [0.3, 0.4) is 0 Å². The van der Waals surface area contributed by atoms with Crippen molar-refractivity contribution < 1.29 is 14.3 Å². The first-order valence-electron chi connectivity index (χ1n) is 3.21. The van der Waals surface area contributed by atoms with Gasteiger partial charge in [0.05, 0.1) is 0 Å². The Labute approximate surface area is 72.6 Å². The third-order valence-corrected chi connectivity index (χ3v) is 2.10. The van der Waals surface area contributed by atoms with Crippen LogP contribution in [0.25, 0.3) is 0 Å². The second kappa shape index (κ2) is 4.01. The van der Waals surface area contributed by atoms with Crippen molar-refractivity contribution >= 4 is 22.7 Å². The highest BCUT2D eigenvalue weighted by Gasteiger charge is 1.89. The summed E-state index contributed by atoms with van der Waals surface area (Å²) in [7, 11) is 0. The lowest BCUT2D eigenvalue weighted by Crippen LogP contribution is -1.92. The molecule has 1 aromatic carbocycles. The van der Waals surface area contributed by atoms with E-state index in [-0.39, 0.29) is 5.82 Å². The molecular weight excluding hydrogens is 179 g/mol. The van der Waals surface area contributed by atoms with E-state index in [1.54, 1.807) is 12.1 Å². The molecule has 0 aliphatic rings. The minimum absolute atomic E-state index is 0.315. The Morgan fingerprint density at radius 3 is 2.50 bits per heavy atom. The lowest BCUT2D eigenvalue weighted by atomic mass is 10.4. The monoisotopic (exact) mass is 186 g/mol. The molecule has 2 nitrogen and oxygen atoms in total. The number of halogens is 1. The number of rotatable bonds is 2. The van der Waals surface area contributed by atoms with E-state index < -0.39 is 5.97 Å². The predicted molar refractivity (Wildman–Crippen MR) is 47.4 cm³/mol. The Bertz CT molecular complexity index is 305. The standard InChI is InChI=1S/C8H7FO2S/c9-6-1-3-7(4-2-6)12-5-8(10)11/h1-5,12H,(H,10,11). The molecule has 4 heteroatoms. The molecular formula is C8H7FO2S. The second-order valence-electron chi connectivity index (χ2n) is 2.07. The number of thiol groups is 1. The van der Waals surface area contributed by atoms with Gasteiger partial charge in [-0.2, -0.15) is 11.4 Å². The van der Waals surface area contributed by atoms with E-state index in [0.29, 0.717) is 11.4 Å². The number of carboxylic acids is 1. The van der Waals surface area contributed by atoms with Crippen LogP contribution in [0.2, 0.25) is 0 Å². The minimum atomic E-state index is -0.971. The van der Waals surface area contributed by atoms with Gasteiger partial charge >= 0.3 is 5.97 Å². The Balaban J connectivity index is 2.77. The average molecular weight is 186 g/mol. The van der Waals surface area contributed by atoms with Crippen LogP contribution in [0.1, 0.15) is 0 Å². The van der Waals surface area contributed by atoms with Crippen LogP contribution in [-0.2, 0) is 4.79 Å². The molecule has 0 unspecified atom stereocenters. The van der Waals surface area contributed by atoms with Gasteiger partial charge in [0.15, 0.2) is 0 Å². The summed E-state index contributed by atoms with van der Waals surface area (Å²) >= 11 is 0.568. The van der Waals surface area contributed by atoms with Crippen molar-refractivity contribution in [3.05, 3.63) is 30.1 Å². The van der Waals surface area contributed by atoms with E-state index in [1.807, 2.05) is 0 Å². The maximum atomic E-state index is 12.4. The molecule has 0 heterocycles. The lowest BCUT2D eigenvalue weighted by molar-refractivity contribution is -0.128. The van der Waals surface area contributed by atoms with Gasteiger partial charge in [-0.05, 0) is 29.2 Å². The first kappa shape index (κ1) is 8.93. The maximum Gasteiger partial charge on any atom is 0.334 e. The molecule has 1 rings (SSSR count). The first-order valence-corrected chi connectivity index (χ1v) is 4.17. The van der Waals surface area contributed by atoms with Gasteiger partial charge in [-0.25, -0.2) is 9.18 Å².